The van der Waals surface area contributed by atoms with E-state index in [1.54, 1.807) is 37.3 Å². The van der Waals surface area contributed by atoms with E-state index in [-0.39, 0.29) is 0 Å². The van der Waals surface area contributed by atoms with Gasteiger partial charge in [0.05, 0.1) is 17.9 Å². The molecule has 1 amide bonds. The third-order valence-corrected chi connectivity index (χ3v) is 3.56. The van der Waals surface area contributed by atoms with Gasteiger partial charge in [0.15, 0.2) is 6.10 Å². The van der Waals surface area contributed by atoms with Crippen molar-refractivity contribution in [2.24, 2.45) is 0 Å². The van der Waals surface area contributed by atoms with E-state index in [1.807, 2.05) is 32.9 Å². The summed E-state index contributed by atoms with van der Waals surface area (Å²) in [5.41, 5.74) is 2.92. The average Bonchev–Trinajstić information content (AvgIpc) is 2.55. The fraction of sp³-hybridized carbons (Fsp3) is 0.300. The van der Waals surface area contributed by atoms with Crippen molar-refractivity contribution in [2.45, 2.75) is 33.8 Å². The van der Waals surface area contributed by atoms with E-state index < -0.39 is 18.0 Å². The maximum atomic E-state index is 12.3. The Morgan fingerprint density at radius 3 is 2.36 bits per heavy atom. The summed E-state index contributed by atoms with van der Waals surface area (Å²) in [6, 6.07) is 12.6. The molecule has 0 aliphatic carbocycles. The van der Waals surface area contributed by atoms with E-state index in [0.717, 1.165) is 11.1 Å². The van der Waals surface area contributed by atoms with Gasteiger partial charge >= 0.3 is 5.97 Å². The van der Waals surface area contributed by atoms with Gasteiger partial charge in [-0.15, -0.1) is 0 Å². The third-order valence-electron chi connectivity index (χ3n) is 3.56. The predicted molar refractivity (Wildman–Crippen MR) is 97.0 cm³/mol. The first-order valence-electron chi connectivity index (χ1n) is 8.22. The molecular weight excluding hydrogens is 318 g/mol. The molecule has 25 heavy (non-hydrogen) atoms. The molecule has 5 nitrogen and oxygen atoms in total. The third kappa shape index (κ3) is 5.08. The summed E-state index contributed by atoms with van der Waals surface area (Å²) in [6.45, 7) is 7.71. The highest BCUT2D eigenvalue weighted by Crippen LogP contribution is 2.24. The Balaban J connectivity index is 2.04. The van der Waals surface area contributed by atoms with Gasteiger partial charge in [-0.1, -0.05) is 29.3 Å². The van der Waals surface area contributed by atoms with Gasteiger partial charge in [0.25, 0.3) is 5.91 Å². The molecule has 0 aromatic heterocycles. The molecule has 1 N–H and O–H groups in total. The number of amides is 1. The van der Waals surface area contributed by atoms with Crippen molar-refractivity contribution < 1.29 is 19.1 Å². The van der Waals surface area contributed by atoms with Gasteiger partial charge in [-0.2, -0.15) is 0 Å². The lowest BCUT2D eigenvalue weighted by Gasteiger charge is -2.16. The lowest BCUT2D eigenvalue weighted by Crippen LogP contribution is -2.30. The van der Waals surface area contributed by atoms with Crippen molar-refractivity contribution >= 4 is 17.6 Å². The number of esters is 1. The minimum Gasteiger partial charge on any atom is -0.492 e. The van der Waals surface area contributed by atoms with Crippen LogP contribution < -0.4 is 10.1 Å². The maximum absolute atomic E-state index is 12.3. The number of hydrogen-bond acceptors (Lipinski definition) is 4. The highest BCUT2D eigenvalue weighted by Gasteiger charge is 2.20. The van der Waals surface area contributed by atoms with Crippen LogP contribution in [0.5, 0.6) is 5.75 Å². The van der Waals surface area contributed by atoms with Crippen molar-refractivity contribution in [3.05, 3.63) is 59.2 Å². The number of benzene rings is 2. The molecule has 1 unspecified atom stereocenters. The normalized spacial score (nSPS) is 11.5. The first kappa shape index (κ1) is 18.5. The molecule has 0 fully saturated rings. The van der Waals surface area contributed by atoms with Crippen LogP contribution in [0.15, 0.2) is 42.5 Å². The number of para-hydroxylation sites is 2. The summed E-state index contributed by atoms with van der Waals surface area (Å²) < 4.78 is 10.8. The second-order valence-corrected chi connectivity index (χ2v) is 5.84. The molecule has 0 aliphatic rings. The average molecular weight is 341 g/mol. The van der Waals surface area contributed by atoms with Crippen molar-refractivity contribution in [3.63, 3.8) is 0 Å². The zero-order chi connectivity index (χ0) is 18.4. The van der Waals surface area contributed by atoms with Crippen LogP contribution in [-0.2, 0) is 9.53 Å². The van der Waals surface area contributed by atoms with Crippen LogP contribution in [0.2, 0.25) is 0 Å². The molecule has 0 saturated heterocycles. The first-order valence-corrected chi connectivity index (χ1v) is 8.22. The molecule has 2 rings (SSSR count). The second kappa shape index (κ2) is 8.33. The highest BCUT2D eigenvalue weighted by atomic mass is 16.5. The van der Waals surface area contributed by atoms with Gasteiger partial charge in [-0.05, 0) is 52.0 Å². The zero-order valence-electron chi connectivity index (χ0n) is 15.0. The van der Waals surface area contributed by atoms with Gasteiger partial charge < -0.3 is 14.8 Å². The van der Waals surface area contributed by atoms with Crippen LogP contribution in [0.25, 0.3) is 0 Å². The van der Waals surface area contributed by atoms with Gasteiger partial charge in [0.2, 0.25) is 0 Å². The Hall–Kier alpha value is -2.82. The number of anilines is 1. The van der Waals surface area contributed by atoms with Gasteiger partial charge in [-0.3, -0.25) is 4.79 Å². The van der Waals surface area contributed by atoms with E-state index in [1.165, 1.54) is 0 Å². The molecule has 1 atom stereocenters. The quantitative estimate of drug-likeness (QED) is 0.810. The van der Waals surface area contributed by atoms with Crippen LogP contribution in [0, 0.1) is 13.8 Å². The lowest BCUT2D eigenvalue weighted by atomic mass is 10.1. The largest absolute Gasteiger partial charge is 0.492 e. The fourth-order valence-corrected chi connectivity index (χ4v) is 2.46. The minimum atomic E-state index is -0.928. The Morgan fingerprint density at radius 1 is 1.08 bits per heavy atom. The lowest BCUT2D eigenvalue weighted by molar-refractivity contribution is -0.123. The number of hydrogen-bond donors (Lipinski definition) is 1. The highest BCUT2D eigenvalue weighted by molar-refractivity contribution is 5.98. The van der Waals surface area contributed by atoms with Crippen LogP contribution in [0.4, 0.5) is 5.69 Å². The number of ether oxygens (including phenoxy) is 2. The van der Waals surface area contributed by atoms with E-state index in [9.17, 15) is 9.59 Å². The summed E-state index contributed by atoms with van der Waals surface area (Å²) in [7, 11) is 0. The van der Waals surface area contributed by atoms with Gasteiger partial charge in [-0.25, -0.2) is 4.79 Å². The fourth-order valence-electron chi connectivity index (χ4n) is 2.46. The predicted octanol–water partition coefficient (Wildman–Crippen LogP) is 3.89. The monoisotopic (exact) mass is 341 g/mol. The van der Waals surface area contributed by atoms with Crippen LogP contribution in [0.1, 0.15) is 35.3 Å². The first-order chi connectivity index (χ1) is 11.9. The topological polar surface area (TPSA) is 64.6 Å². The molecule has 2 aromatic carbocycles. The number of carbonyl (C=O) groups is 2. The molecular formula is C20H23NO4. The summed E-state index contributed by atoms with van der Waals surface area (Å²) in [6.07, 6.45) is -0.928. The van der Waals surface area contributed by atoms with E-state index in [0.29, 0.717) is 23.6 Å². The number of aryl methyl sites for hydroxylation is 2. The van der Waals surface area contributed by atoms with Crippen LogP contribution in [0.3, 0.4) is 0 Å². The van der Waals surface area contributed by atoms with Crippen LogP contribution in [-0.4, -0.2) is 24.6 Å². The van der Waals surface area contributed by atoms with Gasteiger partial charge in [0, 0.05) is 0 Å². The molecule has 0 radical (unpaired) electrons. The van der Waals surface area contributed by atoms with E-state index in [4.69, 9.17) is 9.47 Å². The Labute approximate surface area is 148 Å². The molecule has 0 spiro atoms. The summed E-state index contributed by atoms with van der Waals surface area (Å²) in [5, 5.41) is 2.73. The standard InChI is InChI=1S/C20H23NO4/c1-5-24-18-9-7-6-8-17(18)21-19(22)15(4)25-20(23)16-11-13(2)10-14(3)12-16/h6-12,15H,5H2,1-4H3,(H,21,22). The zero-order valence-corrected chi connectivity index (χ0v) is 15.0. The number of nitrogens with one attached hydrogen (secondary N) is 1. The van der Waals surface area contributed by atoms with Gasteiger partial charge in [0.1, 0.15) is 5.75 Å². The molecule has 0 heterocycles. The smallest absolute Gasteiger partial charge is 0.338 e. The van der Waals surface area contributed by atoms with Crippen molar-refractivity contribution in [1.82, 2.24) is 0 Å². The number of carbonyl (C=O) groups excluding carboxylic acids is 2. The maximum Gasteiger partial charge on any atom is 0.338 e. The molecule has 0 aliphatic heterocycles. The van der Waals surface area contributed by atoms with Crippen molar-refractivity contribution in [1.29, 1.82) is 0 Å². The molecule has 2 aromatic rings. The Morgan fingerprint density at radius 2 is 1.72 bits per heavy atom. The van der Waals surface area contributed by atoms with Crippen molar-refractivity contribution in [2.75, 3.05) is 11.9 Å². The minimum absolute atomic E-state index is 0.412. The molecule has 132 valence electrons. The SMILES string of the molecule is CCOc1ccccc1NC(=O)C(C)OC(=O)c1cc(C)cc(C)c1. The van der Waals surface area contributed by atoms with E-state index >= 15 is 0 Å². The molecule has 0 saturated carbocycles. The van der Waals surface area contributed by atoms with Crippen molar-refractivity contribution in [3.8, 4) is 5.75 Å². The summed E-state index contributed by atoms with van der Waals surface area (Å²) >= 11 is 0. The Bertz CT molecular complexity index is 750. The second-order valence-electron chi connectivity index (χ2n) is 5.84. The Kier molecular flexibility index (Phi) is 6.17. The summed E-state index contributed by atoms with van der Waals surface area (Å²) in [4.78, 5) is 24.6. The number of rotatable bonds is 6. The van der Waals surface area contributed by atoms with Crippen LogP contribution >= 0.6 is 0 Å². The van der Waals surface area contributed by atoms with E-state index in [2.05, 4.69) is 5.32 Å². The summed E-state index contributed by atoms with van der Waals surface area (Å²) in [5.74, 6) is -0.358. The molecule has 0 bridgehead atoms. The molecule has 5 heteroatoms.